The van der Waals surface area contributed by atoms with Crippen LogP contribution in [0.2, 0.25) is 0 Å². The molecule has 0 saturated heterocycles. The fourth-order valence-electron chi connectivity index (χ4n) is 3.07. The SMILES string of the molecule is CCOC(=O)c1c(NC(=O)C[NH2+]Cc2ccccc2)sc2c1CCC2. The van der Waals surface area contributed by atoms with E-state index in [4.69, 9.17) is 4.74 Å². The van der Waals surface area contributed by atoms with E-state index in [-0.39, 0.29) is 11.9 Å². The molecular weight excluding hydrogens is 336 g/mol. The Labute approximate surface area is 151 Å². The summed E-state index contributed by atoms with van der Waals surface area (Å²) in [6.45, 7) is 3.20. The third-order valence-corrected chi connectivity index (χ3v) is 5.41. The first-order chi connectivity index (χ1) is 12.2. The molecule has 1 aliphatic carbocycles. The lowest BCUT2D eigenvalue weighted by molar-refractivity contribution is -0.659. The van der Waals surface area contributed by atoms with Gasteiger partial charge in [0.25, 0.3) is 5.91 Å². The summed E-state index contributed by atoms with van der Waals surface area (Å²) in [4.78, 5) is 25.8. The quantitative estimate of drug-likeness (QED) is 0.744. The number of rotatable bonds is 7. The number of fused-ring (bicyclic) bond motifs is 1. The van der Waals surface area contributed by atoms with E-state index in [0.29, 0.717) is 23.7 Å². The smallest absolute Gasteiger partial charge is 0.341 e. The molecule has 0 radical (unpaired) electrons. The predicted octanol–water partition coefficient (Wildman–Crippen LogP) is 2.12. The summed E-state index contributed by atoms with van der Waals surface area (Å²) in [7, 11) is 0. The van der Waals surface area contributed by atoms with Gasteiger partial charge in [-0.3, -0.25) is 4.79 Å². The molecule has 132 valence electrons. The zero-order valence-electron chi connectivity index (χ0n) is 14.3. The van der Waals surface area contributed by atoms with Crippen LogP contribution in [0.15, 0.2) is 30.3 Å². The van der Waals surface area contributed by atoms with Crippen LogP contribution in [0, 0.1) is 0 Å². The molecule has 0 bridgehead atoms. The molecule has 3 N–H and O–H groups in total. The number of carbonyl (C=O) groups excluding carboxylic acids is 2. The maximum absolute atomic E-state index is 12.3. The second kappa shape index (κ2) is 8.27. The van der Waals surface area contributed by atoms with Crippen LogP contribution >= 0.6 is 11.3 Å². The third kappa shape index (κ3) is 4.27. The highest BCUT2D eigenvalue weighted by molar-refractivity contribution is 7.17. The van der Waals surface area contributed by atoms with Crippen molar-refractivity contribution in [2.24, 2.45) is 0 Å². The summed E-state index contributed by atoms with van der Waals surface area (Å²) in [6, 6.07) is 10.0. The van der Waals surface area contributed by atoms with Crippen LogP contribution in [-0.4, -0.2) is 25.0 Å². The molecule has 2 aromatic rings. The van der Waals surface area contributed by atoms with E-state index in [1.54, 1.807) is 6.92 Å². The molecule has 6 heteroatoms. The van der Waals surface area contributed by atoms with Gasteiger partial charge in [-0.1, -0.05) is 30.3 Å². The van der Waals surface area contributed by atoms with E-state index >= 15 is 0 Å². The molecule has 0 fully saturated rings. The second-order valence-corrected chi connectivity index (χ2v) is 7.12. The molecule has 25 heavy (non-hydrogen) atoms. The standard InChI is InChI=1S/C19H22N2O3S/c1-2-24-19(23)17-14-9-6-10-15(14)25-18(17)21-16(22)12-20-11-13-7-4-3-5-8-13/h3-5,7-8,20H,2,6,9-12H2,1H3,(H,21,22)/p+1. The van der Waals surface area contributed by atoms with Gasteiger partial charge in [-0.25, -0.2) is 4.79 Å². The number of quaternary nitrogens is 1. The molecule has 3 rings (SSSR count). The Morgan fingerprint density at radius 1 is 1.24 bits per heavy atom. The lowest BCUT2D eigenvalue weighted by atomic mass is 10.1. The van der Waals surface area contributed by atoms with E-state index < -0.39 is 0 Å². The molecule has 0 saturated carbocycles. The summed E-state index contributed by atoms with van der Waals surface area (Å²) in [5.41, 5.74) is 2.81. The first-order valence-corrected chi connectivity index (χ1v) is 9.47. The first kappa shape index (κ1) is 17.6. The van der Waals surface area contributed by atoms with Gasteiger partial charge < -0.3 is 15.4 Å². The van der Waals surface area contributed by atoms with Gasteiger partial charge in [-0.15, -0.1) is 11.3 Å². The molecule has 0 atom stereocenters. The van der Waals surface area contributed by atoms with Crippen LogP contribution in [-0.2, 0) is 28.9 Å². The number of hydrogen-bond donors (Lipinski definition) is 2. The average molecular weight is 359 g/mol. The van der Waals surface area contributed by atoms with Gasteiger partial charge in [0.2, 0.25) is 0 Å². The van der Waals surface area contributed by atoms with Crippen molar-refractivity contribution in [3.63, 3.8) is 0 Å². The highest BCUT2D eigenvalue weighted by Gasteiger charge is 2.28. The highest BCUT2D eigenvalue weighted by Crippen LogP contribution is 2.39. The summed E-state index contributed by atoms with van der Waals surface area (Å²) in [6.07, 6.45) is 2.92. The normalized spacial score (nSPS) is 12.7. The monoisotopic (exact) mass is 359 g/mol. The van der Waals surface area contributed by atoms with E-state index in [1.165, 1.54) is 21.8 Å². The van der Waals surface area contributed by atoms with Crippen molar-refractivity contribution in [1.29, 1.82) is 0 Å². The Morgan fingerprint density at radius 2 is 2.04 bits per heavy atom. The number of ether oxygens (including phenoxy) is 1. The van der Waals surface area contributed by atoms with Crippen LogP contribution < -0.4 is 10.6 Å². The minimum Gasteiger partial charge on any atom is -0.462 e. The Morgan fingerprint density at radius 3 is 2.80 bits per heavy atom. The van der Waals surface area contributed by atoms with Crippen molar-refractivity contribution < 1.29 is 19.6 Å². The van der Waals surface area contributed by atoms with Crippen LogP contribution in [0.5, 0.6) is 0 Å². The Hall–Kier alpha value is -2.18. The number of benzene rings is 1. The van der Waals surface area contributed by atoms with Gasteiger partial charge in [0.05, 0.1) is 12.2 Å². The number of hydrogen-bond acceptors (Lipinski definition) is 4. The van der Waals surface area contributed by atoms with Crippen molar-refractivity contribution >= 4 is 28.2 Å². The van der Waals surface area contributed by atoms with Gasteiger partial charge in [0, 0.05) is 10.4 Å². The van der Waals surface area contributed by atoms with E-state index in [0.717, 1.165) is 31.4 Å². The maximum atomic E-state index is 12.3. The van der Waals surface area contributed by atoms with E-state index in [9.17, 15) is 9.59 Å². The number of aryl methyl sites for hydroxylation is 1. The molecule has 1 aromatic carbocycles. The first-order valence-electron chi connectivity index (χ1n) is 8.66. The molecule has 1 aromatic heterocycles. The van der Waals surface area contributed by atoms with Gasteiger partial charge in [-0.05, 0) is 31.7 Å². The third-order valence-electron chi connectivity index (χ3n) is 4.21. The number of amides is 1. The maximum Gasteiger partial charge on any atom is 0.341 e. The summed E-state index contributed by atoms with van der Waals surface area (Å²) >= 11 is 1.51. The second-order valence-electron chi connectivity index (χ2n) is 6.01. The lowest BCUT2D eigenvalue weighted by Crippen LogP contribution is -2.84. The molecule has 0 aliphatic heterocycles. The fraction of sp³-hybridized carbons (Fsp3) is 0.368. The summed E-state index contributed by atoms with van der Waals surface area (Å²) < 4.78 is 5.18. The van der Waals surface area contributed by atoms with Crippen LogP contribution in [0.25, 0.3) is 0 Å². The van der Waals surface area contributed by atoms with Crippen molar-refractivity contribution in [2.45, 2.75) is 32.7 Å². The molecule has 0 spiro atoms. The molecular formula is C19H23N2O3S+. The number of nitrogens with two attached hydrogens (primary N) is 1. The minimum atomic E-state index is -0.328. The lowest BCUT2D eigenvalue weighted by Gasteiger charge is -2.07. The van der Waals surface area contributed by atoms with Crippen molar-refractivity contribution in [1.82, 2.24) is 0 Å². The average Bonchev–Trinajstić information content (AvgIpc) is 3.16. The van der Waals surface area contributed by atoms with Crippen LogP contribution in [0.1, 0.15) is 39.7 Å². The topological polar surface area (TPSA) is 72.0 Å². The van der Waals surface area contributed by atoms with E-state index in [2.05, 4.69) is 5.32 Å². The van der Waals surface area contributed by atoms with Crippen LogP contribution in [0.4, 0.5) is 5.00 Å². The van der Waals surface area contributed by atoms with Gasteiger partial charge >= 0.3 is 5.97 Å². The summed E-state index contributed by atoms with van der Waals surface area (Å²) in [5, 5.41) is 5.51. The number of anilines is 1. The minimum absolute atomic E-state index is 0.0959. The zero-order valence-corrected chi connectivity index (χ0v) is 15.2. The fourth-order valence-corrected chi connectivity index (χ4v) is 4.37. The molecule has 1 aliphatic rings. The zero-order chi connectivity index (χ0) is 17.6. The van der Waals surface area contributed by atoms with Crippen molar-refractivity contribution in [2.75, 3.05) is 18.5 Å². The summed E-state index contributed by atoms with van der Waals surface area (Å²) in [5.74, 6) is -0.424. The molecule has 1 amide bonds. The van der Waals surface area contributed by atoms with Gasteiger partial charge in [0.15, 0.2) is 6.54 Å². The van der Waals surface area contributed by atoms with Gasteiger partial charge in [0.1, 0.15) is 11.5 Å². The number of esters is 1. The molecule has 5 nitrogen and oxygen atoms in total. The van der Waals surface area contributed by atoms with Crippen molar-refractivity contribution in [3.8, 4) is 0 Å². The number of carbonyl (C=O) groups is 2. The predicted molar refractivity (Wildman–Crippen MR) is 97.9 cm³/mol. The van der Waals surface area contributed by atoms with Crippen LogP contribution in [0.3, 0.4) is 0 Å². The van der Waals surface area contributed by atoms with E-state index in [1.807, 2.05) is 35.6 Å². The number of thiophene rings is 1. The molecule has 0 unspecified atom stereocenters. The highest BCUT2D eigenvalue weighted by atomic mass is 32.1. The van der Waals surface area contributed by atoms with Crippen molar-refractivity contribution in [3.05, 3.63) is 51.9 Å². The number of nitrogens with one attached hydrogen (secondary N) is 1. The van der Waals surface area contributed by atoms with Gasteiger partial charge in [-0.2, -0.15) is 0 Å². The molecule has 1 heterocycles. The largest absolute Gasteiger partial charge is 0.462 e. The Kier molecular flexibility index (Phi) is 5.83. The Bertz CT molecular complexity index is 756. The Balaban J connectivity index is 1.62.